The summed E-state index contributed by atoms with van der Waals surface area (Å²) in [6, 6.07) is 0.355. The molecule has 2 rings (SSSR count). The number of rotatable bonds is 4. The van der Waals surface area contributed by atoms with Gasteiger partial charge in [0.15, 0.2) is 0 Å². The van der Waals surface area contributed by atoms with E-state index in [1.165, 1.54) is 0 Å². The first-order valence-electron chi connectivity index (χ1n) is 8.02. The molecule has 0 unspecified atom stereocenters. The Kier molecular flexibility index (Phi) is 8.41. The quantitative estimate of drug-likeness (QED) is 0.614. The van der Waals surface area contributed by atoms with E-state index < -0.39 is 0 Å². The van der Waals surface area contributed by atoms with Crippen LogP contribution in [0.15, 0.2) is 10.8 Å². The topological polar surface area (TPSA) is 82.5 Å². The molecule has 0 aromatic carbocycles. The molecule has 8 heteroatoms. The van der Waals surface area contributed by atoms with Crippen molar-refractivity contribution in [2.24, 2.45) is 0 Å². The minimum Gasteiger partial charge on any atom is -0.462 e. The van der Waals surface area contributed by atoms with Gasteiger partial charge in [0.2, 0.25) is 0 Å². The molecular formula is C16H26BrN3O4. The third-order valence-corrected chi connectivity index (χ3v) is 4.08. The number of nitrogens with zero attached hydrogens (tertiary/aromatic N) is 2. The molecule has 0 bridgehead atoms. The summed E-state index contributed by atoms with van der Waals surface area (Å²) in [6.45, 7) is 10.1. The predicted octanol–water partition coefficient (Wildman–Crippen LogP) is 2.70. The second kappa shape index (κ2) is 9.78. The zero-order valence-corrected chi connectivity index (χ0v) is 16.3. The SMILES string of the molecule is CC(C)(C)OC=O.CCOC(=O)c1cnn(C2CCNCC2)c1Br. The van der Waals surface area contributed by atoms with Crippen molar-refractivity contribution in [3.05, 3.63) is 16.4 Å². The van der Waals surface area contributed by atoms with E-state index in [4.69, 9.17) is 4.74 Å². The molecule has 0 spiro atoms. The van der Waals surface area contributed by atoms with E-state index in [1.54, 1.807) is 13.1 Å². The Balaban J connectivity index is 0.000000351. The van der Waals surface area contributed by atoms with E-state index in [0.29, 0.717) is 24.7 Å². The molecule has 0 radical (unpaired) electrons. The Morgan fingerprint density at radius 1 is 1.46 bits per heavy atom. The van der Waals surface area contributed by atoms with Crippen LogP contribution < -0.4 is 5.32 Å². The third-order valence-electron chi connectivity index (χ3n) is 3.29. The highest BCUT2D eigenvalue weighted by Crippen LogP contribution is 2.26. The standard InChI is InChI=1S/C11H16BrN3O2.C5H10O2/c1-2-17-11(16)9-7-14-15(10(9)12)8-3-5-13-6-4-8;1-5(2,3)7-4-6/h7-8,13H,2-6H2,1H3;4H,1-3H3. The number of hydrogen-bond donors (Lipinski definition) is 1. The van der Waals surface area contributed by atoms with Crippen molar-refractivity contribution in [3.8, 4) is 0 Å². The van der Waals surface area contributed by atoms with Crippen LogP contribution in [-0.2, 0) is 14.3 Å². The van der Waals surface area contributed by atoms with Crippen LogP contribution in [0.3, 0.4) is 0 Å². The molecule has 1 fully saturated rings. The lowest BCUT2D eigenvalue weighted by atomic mass is 10.1. The lowest BCUT2D eigenvalue weighted by Gasteiger charge is -2.23. The van der Waals surface area contributed by atoms with E-state index in [-0.39, 0.29) is 11.6 Å². The highest BCUT2D eigenvalue weighted by molar-refractivity contribution is 9.10. The van der Waals surface area contributed by atoms with Crippen LogP contribution in [-0.4, -0.2) is 47.5 Å². The highest BCUT2D eigenvalue weighted by atomic mass is 79.9. The Morgan fingerprint density at radius 2 is 2.08 bits per heavy atom. The van der Waals surface area contributed by atoms with Crippen molar-refractivity contribution in [1.29, 1.82) is 0 Å². The monoisotopic (exact) mass is 403 g/mol. The predicted molar refractivity (Wildman–Crippen MR) is 93.9 cm³/mol. The van der Waals surface area contributed by atoms with Crippen molar-refractivity contribution in [2.75, 3.05) is 19.7 Å². The number of hydrogen-bond acceptors (Lipinski definition) is 6. The molecule has 0 aliphatic carbocycles. The molecule has 1 N–H and O–H groups in total. The molecule has 0 saturated carbocycles. The lowest BCUT2D eigenvalue weighted by Crippen LogP contribution is -2.30. The van der Waals surface area contributed by atoms with E-state index >= 15 is 0 Å². The zero-order valence-electron chi connectivity index (χ0n) is 14.7. The summed E-state index contributed by atoms with van der Waals surface area (Å²) >= 11 is 3.44. The van der Waals surface area contributed by atoms with Gasteiger partial charge in [0.1, 0.15) is 15.8 Å². The van der Waals surface area contributed by atoms with E-state index in [9.17, 15) is 9.59 Å². The molecule has 24 heavy (non-hydrogen) atoms. The second-order valence-corrected chi connectivity index (χ2v) is 7.07. The Hall–Kier alpha value is -1.41. The molecule has 1 saturated heterocycles. The molecular weight excluding hydrogens is 378 g/mol. The molecule has 0 atom stereocenters. The van der Waals surface area contributed by atoms with Gasteiger partial charge in [0, 0.05) is 0 Å². The van der Waals surface area contributed by atoms with Crippen LogP contribution in [0.1, 0.15) is 56.9 Å². The molecule has 0 amide bonds. The average Bonchev–Trinajstić information content (AvgIpc) is 2.89. The van der Waals surface area contributed by atoms with Gasteiger partial charge >= 0.3 is 5.97 Å². The van der Waals surface area contributed by atoms with Crippen LogP contribution in [0.2, 0.25) is 0 Å². The maximum absolute atomic E-state index is 11.6. The van der Waals surface area contributed by atoms with Crippen LogP contribution in [0.5, 0.6) is 0 Å². The molecule has 7 nitrogen and oxygen atoms in total. The maximum Gasteiger partial charge on any atom is 0.342 e. The number of esters is 1. The van der Waals surface area contributed by atoms with E-state index in [1.807, 2.05) is 25.5 Å². The van der Waals surface area contributed by atoms with Crippen molar-refractivity contribution < 1.29 is 19.1 Å². The summed E-state index contributed by atoms with van der Waals surface area (Å²) < 4.78 is 12.1. The van der Waals surface area contributed by atoms with Gasteiger partial charge in [-0.3, -0.25) is 9.48 Å². The van der Waals surface area contributed by atoms with Crippen LogP contribution >= 0.6 is 15.9 Å². The fourth-order valence-electron chi connectivity index (χ4n) is 2.14. The third kappa shape index (κ3) is 6.60. The van der Waals surface area contributed by atoms with Gasteiger partial charge in [-0.05, 0) is 69.6 Å². The van der Waals surface area contributed by atoms with Gasteiger partial charge < -0.3 is 14.8 Å². The number of halogens is 1. The summed E-state index contributed by atoms with van der Waals surface area (Å²) in [5.41, 5.74) is 0.187. The van der Waals surface area contributed by atoms with Gasteiger partial charge in [0.05, 0.1) is 18.8 Å². The van der Waals surface area contributed by atoms with Crippen molar-refractivity contribution in [3.63, 3.8) is 0 Å². The minimum absolute atomic E-state index is 0.318. The fraction of sp³-hybridized carbons (Fsp3) is 0.688. The first kappa shape index (κ1) is 20.6. The van der Waals surface area contributed by atoms with Gasteiger partial charge in [-0.25, -0.2) is 4.79 Å². The van der Waals surface area contributed by atoms with E-state index in [2.05, 4.69) is 31.1 Å². The summed E-state index contributed by atoms with van der Waals surface area (Å²) in [6.07, 6.45) is 3.63. The van der Waals surface area contributed by atoms with Gasteiger partial charge in [-0.2, -0.15) is 5.10 Å². The summed E-state index contributed by atoms with van der Waals surface area (Å²) in [5, 5.41) is 7.59. The smallest absolute Gasteiger partial charge is 0.342 e. The average molecular weight is 404 g/mol. The number of carbonyl (C=O) groups is 2. The molecule has 136 valence electrons. The van der Waals surface area contributed by atoms with E-state index in [0.717, 1.165) is 30.5 Å². The normalized spacial score (nSPS) is 15.2. The Morgan fingerprint density at radius 3 is 2.54 bits per heavy atom. The number of carbonyl (C=O) groups excluding carboxylic acids is 2. The summed E-state index contributed by atoms with van der Waals surface area (Å²) in [4.78, 5) is 21.2. The van der Waals surface area contributed by atoms with Crippen LogP contribution in [0.4, 0.5) is 0 Å². The first-order chi connectivity index (χ1) is 11.3. The maximum atomic E-state index is 11.6. The zero-order chi connectivity index (χ0) is 18.2. The highest BCUT2D eigenvalue weighted by Gasteiger charge is 2.22. The first-order valence-corrected chi connectivity index (χ1v) is 8.81. The van der Waals surface area contributed by atoms with Crippen LogP contribution in [0.25, 0.3) is 0 Å². The van der Waals surface area contributed by atoms with Crippen molar-refractivity contribution in [2.45, 2.75) is 52.2 Å². The number of nitrogens with one attached hydrogen (secondary N) is 1. The number of ether oxygens (including phenoxy) is 2. The molecule has 1 aliphatic heterocycles. The van der Waals surface area contributed by atoms with Gasteiger partial charge in [-0.1, -0.05) is 0 Å². The van der Waals surface area contributed by atoms with Gasteiger partial charge in [-0.15, -0.1) is 0 Å². The summed E-state index contributed by atoms with van der Waals surface area (Å²) in [5.74, 6) is -0.320. The summed E-state index contributed by atoms with van der Waals surface area (Å²) in [7, 11) is 0. The molecule has 1 aromatic rings. The largest absolute Gasteiger partial charge is 0.462 e. The lowest BCUT2D eigenvalue weighted by molar-refractivity contribution is -0.138. The molecule has 2 heterocycles. The number of aromatic nitrogens is 2. The van der Waals surface area contributed by atoms with Crippen LogP contribution in [0, 0.1) is 0 Å². The Labute approximate surface area is 151 Å². The van der Waals surface area contributed by atoms with Gasteiger partial charge in [0.25, 0.3) is 6.47 Å². The number of piperidine rings is 1. The molecule has 1 aliphatic rings. The van der Waals surface area contributed by atoms with Crippen molar-refractivity contribution in [1.82, 2.24) is 15.1 Å². The minimum atomic E-state index is -0.320. The molecule has 1 aromatic heterocycles. The Bertz CT molecular complexity index is 534. The second-order valence-electron chi connectivity index (χ2n) is 6.32. The van der Waals surface area contributed by atoms with Crippen molar-refractivity contribution >= 4 is 28.4 Å². The fourth-order valence-corrected chi connectivity index (χ4v) is 2.79.